The lowest BCUT2D eigenvalue weighted by atomic mass is 10.3. The van der Waals surface area contributed by atoms with Crippen molar-refractivity contribution in [1.29, 1.82) is 0 Å². The molecular formula is C8H4BrClN2. The van der Waals surface area contributed by atoms with Crippen molar-refractivity contribution >= 4 is 38.4 Å². The summed E-state index contributed by atoms with van der Waals surface area (Å²) < 4.78 is 0.863. The van der Waals surface area contributed by atoms with E-state index in [4.69, 9.17) is 11.6 Å². The van der Waals surface area contributed by atoms with Gasteiger partial charge in [-0.1, -0.05) is 11.6 Å². The van der Waals surface area contributed by atoms with Gasteiger partial charge >= 0.3 is 0 Å². The predicted octanol–water partition coefficient (Wildman–Crippen LogP) is 3.05. The molecule has 60 valence electrons. The first kappa shape index (κ1) is 7.95. The topological polar surface area (TPSA) is 25.8 Å². The van der Waals surface area contributed by atoms with Crippen molar-refractivity contribution in [2.75, 3.05) is 0 Å². The zero-order chi connectivity index (χ0) is 8.55. The van der Waals surface area contributed by atoms with Crippen LogP contribution in [0, 0.1) is 0 Å². The molecule has 0 fully saturated rings. The first-order valence-corrected chi connectivity index (χ1v) is 4.51. The second-order valence-corrected chi connectivity index (χ2v) is 3.51. The normalized spacial score (nSPS) is 10.5. The maximum atomic E-state index is 5.86. The van der Waals surface area contributed by atoms with E-state index in [1.165, 1.54) is 0 Å². The van der Waals surface area contributed by atoms with Crippen molar-refractivity contribution in [1.82, 2.24) is 9.97 Å². The third kappa shape index (κ3) is 1.19. The Morgan fingerprint density at radius 2 is 2.17 bits per heavy atom. The van der Waals surface area contributed by atoms with Crippen LogP contribution in [-0.2, 0) is 0 Å². The van der Waals surface area contributed by atoms with Crippen molar-refractivity contribution < 1.29 is 0 Å². The van der Waals surface area contributed by atoms with Gasteiger partial charge in [0, 0.05) is 17.8 Å². The molecule has 2 aromatic rings. The highest BCUT2D eigenvalue weighted by Gasteiger charge is 2.03. The van der Waals surface area contributed by atoms with Gasteiger partial charge in [-0.05, 0) is 28.1 Å². The van der Waals surface area contributed by atoms with Gasteiger partial charge in [0.05, 0.1) is 9.99 Å². The summed E-state index contributed by atoms with van der Waals surface area (Å²) in [4.78, 5) is 8.16. The molecule has 12 heavy (non-hydrogen) atoms. The van der Waals surface area contributed by atoms with Gasteiger partial charge < -0.3 is 0 Å². The molecule has 2 nitrogen and oxygen atoms in total. The zero-order valence-corrected chi connectivity index (χ0v) is 8.30. The highest BCUT2D eigenvalue weighted by molar-refractivity contribution is 9.10. The highest BCUT2D eigenvalue weighted by Crippen LogP contribution is 2.25. The Balaban J connectivity index is 2.95. The summed E-state index contributed by atoms with van der Waals surface area (Å²) in [5.74, 6) is 0. The van der Waals surface area contributed by atoms with Gasteiger partial charge in [-0.25, -0.2) is 4.98 Å². The van der Waals surface area contributed by atoms with Crippen LogP contribution in [-0.4, -0.2) is 9.97 Å². The summed E-state index contributed by atoms with van der Waals surface area (Å²) >= 11 is 9.20. The van der Waals surface area contributed by atoms with E-state index in [2.05, 4.69) is 25.9 Å². The molecule has 0 amide bonds. The van der Waals surface area contributed by atoms with Crippen molar-refractivity contribution in [2.24, 2.45) is 0 Å². The molecule has 2 aromatic heterocycles. The van der Waals surface area contributed by atoms with E-state index in [-0.39, 0.29) is 0 Å². The van der Waals surface area contributed by atoms with E-state index in [1.807, 2.05) is 12.1 Å². The molecule has 0 radical (unpaired) electrons. The molecule has 0 aliphatic carbocycles. The van der Waals surface area contributed by atoms with Gasteiger partial charge in [-0.3, -0.25) is 4.98 Å². The average Bonchev–Trinajstić information content (AvgIpc) is 2.12. The molecule has 2 heterocycles. The molecule has 0 spiro atoms. The Morgan fingerprint density at radius 3 is 2.92 bits per heavy atom. The lowest BCUT2D eigenvalue weighted by molar-refractivity contribution is 1.31. The molecule has 0 aliphatic rings. The van der Waals surface area contributed by atoms with Gasteiger partial charge in [0.15, 0.2) is 0 Å². The van der Waals surface area contributed by atoms with Gasteiger partial charge in [-0.15, -0.1) is 0 Å². The van der Waals surface area contributed by atoms with E-state index in [0.717, 1.165) is 15.4 Å². The molecule has 4 heteroatoms. The van der Waals surface area contributed by atoms with E-state index >= 15 is 0 Å². The maximum absolute atomic E-state index is 5.86. The Morgan fingerprint density at radius 1 is 1.33 bits per heavy atom. The van der Waals surface area contributed by atoms with E-state index in [1.54, 1.807) is 12.4 Å². The zero-order valence-electron chi connectivity index (χ0n) is 5.96. The fraction of sp³-hybridized carbons (Fsp3) is 0. The molecular weight excluding hydrogens is 239 g/mol. The van der Waals surface area contributed by atoms with Crippen molar-refractivity contribution in [3.63, 3.8) is 0 Å². The Hall–Kier alpha value is -0.670. The van der Waals surface area contributed by atoms with Crippen LogP contribution in [0.5, 0.6) is 0 Å². The molecule has 0 bridgehead atoms. The fourth-order valence-corrected chi connectivity index (χ4v) is 1.63. The largest absolute Gasteiger partial charge is 0.255 e. The summed E-state index contributed by atoms with van der Waals surface area (Å²) in [6.07, 6.45) is 3.38. The second-order valence-electron chi connectivity index (χ2n) is 2.30. The third-order valence-corrected chi connectivity index (χ3v) is 2.43. The molecule has 0 saturated heterocycles. The number of halogens is 2. The number of nitrogens with zero attached hydrogens (tertiary/aromatic N) is 2. The van der Waals surface area contributed by atoms with Crippen LogP contribution in [0.1, 0.15) is 0 Å². The standard InChI is InChI=1S/C8H4BrClN2/c9-6-4-12-8(10)5-2-1-3-11-7(5)6/h1-4H. The number of rotatable bonds is 0. The molecule has 2 rings (SSSR count). The number of fused-ring (bicyclic) bond motifs is 1. The van der Waals surface area contributed by atoms with Crippen molar-refractivity contribution in [3.8, 4) is 0 Å². The summed E-state index contributed by atoms with van der Waals surface area (Å²) in [5.41, 5.74) is 0.845. The molecule has 0 N–H and O–H groups in total. The second kappa shape index (κ2) is 2.99. The summed E-state index contributed by atoms with van der Waals surface area (Å²) in [5, 5.41) is 1.36. The van der Waals surface area contributed by atoms with E-state index in [0.29, 0.717) is 5.15 Å². The van der Waals surface area contributed by atoms with Gasteiger partial charge in [0.2, 0.25) is 0 Å². The van der Waals surface area contributed by atoms with Gasteiger partial charge in [0.25, 0.3) is 0 Å². The quantitative estimate of drug-likeness (QED) is 0.665. The van der Waals surface area contributed by atoms with E-state index in [9.17, 15) is 0 Å². The Labute approximate surface area is 82.7 Å². The summed E-state index contributed by atoms with van der Waals surface area (Å²) in [6, 6.07) is 3.73. The maximum Gasteiger partial charge on any atom is 0.138 e. The van der Waals surface area contributed by atoms with Crippen LogP contribution in [0.2, 0.25) is 5.15 Å². The number of hydrogen-bond donors (Lipinski definition) is 0. The van der Waals surface area contributed by atoms with Crippen LogP contribution in [0.15, 0.2) is 29.0 Å². The minimum Gasteiger partial charge on any atom is -0.255 e. The smallest absolute Gasteiger partial charge is 0.138 e. The molecule has 0 unspecified atom stereocenters. The number of pyridine rings is 2. The Bertz CT molecular complexity index is 390. The fourth-order valence-electron chi connectivity index (χ4n) is 1.01. The first-order chi connectivity index (χ1) is 5.79. The van der Waals surface area contributed by atoms with Crippen LogP contribution < -0.4 is 0 Å². The van der Waals surface area contributed by atoms with Gasteiger partial charge in [0.1, 0.15) is 5.15 Å². The van der Waals surface area contributed by atoms with Gasteiger partial charge in [-0.2, -0.15) is 0 Å². The number of aromatic nitrogens is 2. The number of hydrogen-bond acceptors (Lipinski definition) is 2. The van der Waals surface area contributed by atoms with E-state index < -0.39 is 0 Å². The lowest BCUT2D eigenvalue weighted by Crippen LogP contribution is -1.83. The summed E-state index contributed by atoms with van der Waals surface area (Å²) in [7, 11) is 0. The third-order valence-electron chi connectivity index (χ3n) is 1.55. The van der Waals surface area contributed by atoms with Crippen molar-refractivity contribution in [2.45, 2.75) is 0 Å². The predicted molar refractivity (Wildman–Crippen MR) is 52.2 cm³/mol. The molecule has 0 aliphatic heterocycles. The molecule has 0 atom stereocenters. The van der Waals surface area contributed by atoms with Crippen molar-refractivity contribution in [3.05, 3.63) is 34.2 Å². The summed E-state index contributed by atoms with van der Waals surface area (Å²) in [6.45, 7) is 0. The SMILES string of the molecule is Clc1ncc(Br)c2ncccc12. The molecule has 0 saturated carbocycles. The van der Waals surface area contributed by atoms with Crippen LogP contribution in [0.25, 0.3) is 10.9 Å². The molecule has 0 aromatic carbocycles. The minimum atomic E-state index is 0.487. The highest BCUT2D eigenvalue weighted by atomic mass is 79.9. The monoisotopic (exact) mass is 242 g/mol. The van der Waals surface area contributed by atoms with Crippen LogP contribution in [0.4, 0.5) is 0 Å². The Kier molecular flexibility index (Phi) is 1.98. The lowest BCUT2D eigenvalue weighted by Gasteiger charge is -1.99. The van der Waals surface area contributed by atoms with Crippen LogP contribution >= 0.6 is 27.5 Å². The van der Waals surface area contributed by atoms with Crippen LogP contribution in [0.3, 0.4) is 0 Å². The average molecular weight is 243 g/mol. The first-order valence-electron chi connectivity index (χ1n) is 3.34. The minimum absolute atomic E-state index is 0.487.